The Bertz CT molecular complexity index is 307. The second kappa shape index (κ2) is 7.41. The van der Waals surface area contributed by atoms with Crippen LogP contribution in [0.4, 0.5) is 5.69 Å². The molecule has 1 atom stereocenters. The number of rotatable bonds is 7. The van der Waals surface area contributed by atoms with E-state index in [1.54, 1.807) is 11.8 Å². The van der Waals surface area contributed by atoms with E-state index >= 15 is 0 Å². The van der Waals surface area contributed by atoms with Gasteiger partial charge >= 0.3 is 0 Å². The van der Waals surface area contributed by atoms with Gasteiger partial charge in [0.1, 0.15) is 5.75 Å². The van der Waals surface area contributed by atoms with Gasteiger partial charge in [-0.25, -0.2) is 0 Å². The average molecular weight is 241 g/mol. The lowest BCUT2D eigenvalue weighted by atomic mass is 10.3. The Morgan fingerprint density at radius 1 is 1.50 bits per heavy atom. The number of benzene rings is 1. The molecule has 0 aliphatic heterocycles. The third-order valence-electron chi connectivity index (χ3n) is 2.07. The Balaban J connectivity index is 2.12. The lowest BCUT2D eigenvalue weighted by molar-refractivity contribution is 0.299. The van der Waals surface area contributed by atoms with Crippen molar-refractivity contribution in [2.45, 2.75) is 18.6 Å². The number of aliphatic hydroxyl groups is 1. The number of hydrogen-bond acceptors (Lipinski definition) is 4. The number of hydrogen-bond donors (Lipinski definition) is 2. The van der Waals surface area contributed by atoms with Gasteiger partial charge in [-0.3, -0.25) is 0 Å². The molecule has 3 nitrogen and oxygen atoms in total. The van der Waals surface area contributed by atoms with Crippen molar-refractivity contribution < 1.29 is 9.84 Å². The Labute approximate surface area is 101 Å². The lowest BCUT2D eigenvalue weighted by Crippen LogP contribution is -2.05. The van der Waals surface area contributed by atoms with E-state index in [1.807, 2.05) is 31.2 Å². The van der Waals surface area contributed by atoms with Crippen molar-refractivity contribution in [3.8, 4) is 5.75 Å². The minimum absolute atomic E-state index is 0.237. The summed E-state index contributed by atoms with van der Waals surface area (Å²) in [6, 6.07) is 7.45. The summed E-state index contributed by atoms with van der Waals surface area (Å²) in [6.45, 7) is 2.94. The molecule has 90 valence electrons. The number of nitrogen functional groups attached to an aromatic ring is 1. The van der Waals surface area contributed by atoms with Crippen molar-refractivity contribution in [3.05, 3.63) is 24.3 Å². The van der Waals surface area contributed by atoms with Crippen LogP contribution in [0.25, 0.3) is 0 Å². The fraction of sp³-hybridized carbons (Fsp3) is 0.500. The Morgan fingerprint density at radius 3 is 3.00 bits per heavy atom. The first kappa shape index (κ1) is 13.2. The summed E-state index contributed by atoms with van der Waals surface area (Å²) in [4.78, 5) is 0. The zero-order chi connectivity index (χ0) is 11.8. The number of aliphatic hydroxyl groups excluding tert-OH is 1. The molecule has 0 aromatic heterocycles. The molecule has 3 N–H and O–H groups in total. The molecule has 0 aliphatic rings. The second-order valence-electron chi connectivity index (χ2n) is 3.64. The van der Waals surface area contributed by atoms with E-state index in [2.05, 4.69) is 0 Å². The molecular formula is C12H19NO2S. The summed E-state index contributed by atoms with van der Waals surface area (Å²) in [5, 5.41) is 9.15. The van der Waals surface area contributed by atoms with E-state index in [0.717, 1.165) is 23.6 Å². The molecule has 4 heteroatoms. The second-order valence-corrected chi connectivity index (χ2v) is 5.18. The van der Waals surface area contributed by atoms with Crippen molar-refractivity contribution >= 4 is 17.4 Å². The first-order chi connectivity index (χ1) is 7.72. The normalized spacial score (nSPS) is 12.4. The van der Waals surface area contributed by atoms with Gasteiger partial charge in [-0.2, -0.15) is 11.8 Å². The largest absolute Gasteiger partial charge is 0.493 e. The number of anilines is 1. The first-order valence-electron chi connectivity index (χ1n) is 5.43. The minimum atomic E-state index is 0.237. The van der Waals surface area contributed by atoms with Gasteiger partial charge in [-0.05, 0) is 24.3 Å². The van der Waals surface area contributed by atoms with Crippen LogP contribution in [0.2, 0.25) is 0 Å². The summed E-state index contributed by atoms with van der Waals surface area (Å²) in [7, 11) is 0. The smallest absolute Gasteiger partial charge is 0.121 e. The maximum atomic E-state index is 8.83. The monoisotopic (exact) mass is 241 g/mol. The molecule has 1 aromatic carbocycles. The molecule has 0 saturated heterocycles. The highest BCUT2D eigenvalue weighted by Gasteiger charge is 1.99. The summed E-state index contributed by atoms with van der Waals surface area (Å²) in [5.41, 5.74) is 6.36. The van der Waals surface area contributed by atoms with E-state index in [0.29, 0.717) is 11.9 Å². The Morgan fingerprint density at radius 2 is 2.31 bits per heavy atom. The van der Waals surface area contributed by atoms with Crippen LogP contribution in [-0.4, -0.2) is 29.3 Å². The predicted octanol–water partition coefficient (Wildman–Crippen LogP) is 2.15. The van der Waals surface area contributed by atoms with Crippen LogP contribution in [0.3, 0.4) is 0 Å². The quantitative estimate of drug-likeness (QED) is 0.567. The molecule has 0 saturated carbocycles. The van der Waals surface area contributed by atoms with Crippen LogP contribution in [0.15, 0.2) is 24.3 Å². The topological polar surface area (TPSA) is 55.5 Å². The third kappa shape index (κ3) is 5.28. The molecule has 0 bridgehead atoms. The van der Waals surface area contributed by atoms with Gasteiger partial charge in [-0.15, -0.1) is 0 Å². The van der Waals surface area contributed by atoms with Crippen molar-refractivity contribution in [1.82, 2.24) is 0 Å². The number of ether oxygens (including phenoxy) is 1. The van der Waals surface area contributed by atoms with Gasteiger partial charge in [0.05, 0.1) is 13.2 Å². The first-order valence-corrected chi connectivity index (χ1v) is 6.48. The van der Waals surface area contributed by atoms with Crippen molar-refractivity contribution in [1.29, 1.82) is 0 Å². The van der Waals surface area contributed by atoms with Crippen molar-refractivity contribution in [2.75, 3.05) is 24.7 Å². The fourth-order valence-corrected chi connectivity index (χ4v) is 1.98. The van der Waals surface area contributed by atoms with Crippen LogP contribution in [0.1, 0.15) is 13.3 Å². The zero-order valence-electron chi connectivity index (χ0n) is 9.56. The maximum Gasteiger partial charge on any atom is 0.121 e. The van der Waals surface area contributed by atoms with E-state index in [9.17, 15) is 0 Å². The molecule has 1 rings (SSSR count). The van der Waals surface area contributed by atoms with E-state index < -0.39 is 0 Å². The molecule has 0 spiro atoms. The van der Waals surface area contributed by atoms with Gasteiger partial charge in [-0.1, -0.05) is 13.0 Å². The van der Waals surface area contributed by atoms with Crippen LogP contribution < -0.4 is 10.5 Å². The molecule has 1 aromatic rings. The SMILES string of the molecule is CC(CO)SCCCOc1cccc(N)c1. The van der Waals surface area contributed by atoms with Gasteiger partial charge in [0.25, 0.3) is 0 Å². The highest BCUT2D eigenvalue weighted by Crippen LogP contribution is 2.15. The summed E-state index contributed by atoms with van der Waals surface area (Å²) < 4.78 is 5.55. The molecule has 16 heavy (non-hydrogen) atoms. The molecule has 0 radical (unpaired) electrons. The van der Waals surface area contributed by atoms with Crippen molar-refractivity contribution in [3.63, 3.8) is 0 Å². The summed E-state index contributed by atoms with van der Waals surface area (Å²) in [5.74, 6) is 1.82. The Hall–Kier alpha value is -0.870. The van der Waals surface area contributed by atoms with Crippen LogP contribution in [0.5, 0.6) is 5.75 Å². The van der Waals surface area contributed by atoms with Crippen molar-refractivity contribution in [2.24, 2.45) is 0 Å². The molecule has 0 heterocycles. The minimum Gasteiger partial charge on any atom is -0.493 e. The summed E-state index contributed by atoms with van der Waals surface area (Å²) >= 11 is 1.76. The predicted molar refractivity (Wildman–Crippen MR) is 70.0 cm³/mol. The Kier molecular flexibility index (Phi) is 6.11. The molecule has 1 unspecified atom stereocenters. The fourth-order valence-electron chi connectivity index (χ4n) is 1.19. The van der Waals surface area contributed by atoms with Gasteiger partial charge < -0.3 is 15.6 Å². The van der Waals surface area contributed by atoms with E-state index in [4.69, 9.17) is 15.6 Å². The lowest BCUT2D eigenvalue weighted by Gasteiger charge is -2.08. The van der Waals surface area contributed by atoms with E-state index in [-0.39, 0.29) is 6.61 Å². The third-order valence-corrected chi connectivity index (χ3v) is 3.32. The molecule has 0 fully saturated rings. The molecular weight excluding hydrogens is 222 g/mol. The highest BCUT2D eigenvalue weighted by molar-refractivity contribution is 7.99. The van der Waals surface area contributed by atoms with Crippen LogP contribution in [0, 0.1) is 0 Å². The van der Waals surface area contributed by atoms with Gasteiger partial charge in [0.15, 0.2) is 0 Å². The van der Waals surface area contributed by atoms with Gasteiger partial charge in [0.2, 0.25) is 0 Å². The van der Waals surface area contributed by atoms with Crippen LogP contribution >= 0.6 is 11.8 Å². The zero-order valence-corrected chi connectivity index (χ0v) is 10.4. The average Bonchev–Trinajstić information content (AvgIpc) is 2.28. The maximum absolute atomic E-state index is 8.83. The van der Waals surface area contributed by atoms with E-state index in [1.165, 1.54) is 0 Å². The number of thioether (sulfide) groups is 1. The molecule has 0 amide bonds. The number of nitrogens with two attached hydrogens (primary N) is 1. The van der Waals surface area contributed by atoms with Crippen LogP contribution in [-0.2, 0) is 0 Å². The standard InChI is InChI=1S/C12H19NO2S/c1-10(9-14)16-7-3-6-15-12-5-2-4-11(13)8-12/h2,4-5,8,10,14H,3,6-7,9,13H2,1H3. The summed E-state index contributed by atoms with van der Waals surface area (Å²) in [6.07, 6.45) is 0.976. The highest BCUT2D eigenvalue weighted by atomic mass is 32.2. The van der Waals surface area contributed by atoms with Gasteiger partial charge in [0, 0.05) is 17.0 Å². The molecule has 0 aliphatic carbocycles.